The number of hydrogen-bond acceptors (Lipinski definition) is 3. The molecular weight excluding hydrogens is 260 g/mol. The van der Waals surface area contributed by atoms with Gasteiger partial charge < -0.3 is 9.47 Å². The Bertz CT molecular complexity index is 389. The lowest BCUT2D eigenvalue weighted by Gasteiger charge is -2.24. The molecule has 0 amide bonds. The normalized spacial score (nSPS) is 19.5. The number of carbonyl (C=O) groups excluding carboxylic acids is 1. The number of rotatable bonds is 1. The number of hydrogen-bond donors (Lipinski definition) is 0. The van der Waals surface area contributed by atoms with Gasteiger partial charge in [-0.1, -0.05) is 28.1 Å². The number of methoxy groups -OCH3 is 1. The first-order valence-electron chi connectivity index (χ1n) is 4.70. The van der Waals surface area contributed by atoms with Gasteiger partial charge in [-0.3, -0.25) is 0 Å². The van der Waals surface area contributed by atoms with Gasteiger partial charge in [-0.2, -0.15) is 0 Å². The first-order valence-corrected chi connectivity index (χ1v) is 5.50. The van der Waals surface area contributed by atoms with Gasteiger partial charge in [0.2, 0.25) is 0 Å². The predicted octanol–water partition coefficient (Wildman–Crippen LogP) is 2.24. The highest BCUT2D eigenvalue weighted by Gasteiger charge is 2.28. The summed E-state index contributed by atoms with van der Waals surface area (Å²) in [6.45, 7) is 0.551. The molecule has 15 heavy (non-hydrogen) atoms. The minimum atomic E-state index is -0.573. The Morgan fingerprint density at radius 2 is 2.40 bits per heavy atom. The number of carbonyl (C=O) groups is 1. The van der Waals surface area contributed by atoms with Gasteiger partial charge in [-0.25, -0.2) is 4.79 Å². The van der Waals surface area contributed by atoms with Crippen LogP contribution in [0.4, 0.5) is 0 Å². The highest BCUT2D eigenvalue weighted by molar-refractivity contribution is 9.10. The summed E-state index contributed by atoms with van der Waals surface area (Å²) in [7, 11) is 1.37. The quantitative estimate of drug-likeness (QED) is 0.735. The Morgan fingerprint density at radius 1 is 1.60 bits per heavy atom. The number of halogens is 1. The molecule has 0 saturated carbocycles. The number of esters is 1. The summed E-state index contributed by atoms with van der Waals surface area (Å²) in [6, 6.07) is 5.77. The van der Waals surface area contributed by atoms with Crippen LogP contribution in [0.15, 0.2) is 22.7 Å². The zero-order valence-corrected chi connectivity index (χ0v) is 9.91. The van der Waals surface area contributed by atoms with E-state index < -0.39 is 6.10 Å². The van der Waals surface area contributed by atoms with Crippen LogP contribution in [0, 0.1) is 0 Å². The molecule has 1 heterocycles. The van der Waals surface area contributed by atoms with E-state index in [1.165, 1.54) is 7.11 Å². The fraction of sp³-hybridized carbons (Fsp3) is 0.364. The lowest BCUT2D eigenvalue weighted by Crippen LogP contribution is -2.24. The van der Waals surface area contributed by atoms with Crippen LogP contribution in [0.1, 0.15) is 17.2 Å². The Hall–Kier alpha value is -0.870. The second kappa shape index (κ2) is 4.33. The van der Waals surface area contributed by atoms with E-state index in [0.29, 0.717) is 6.61 Å². The minimum Gasteiger partial charge on any atom is -0.467 e. The van der Waals surface area contributed by atoms with Crippen molar-refractivity contribution in [2.24, 2.45) is 0 Å². The molecule has 0 radical (unpaired) electrons. The summed E-state index contributed by atoms with van der Waals surface area (Å²) in [5.41, 5.74) is 2.04. The van der Waals surface area contributed by atoms with E-state index in [-0.39, 0.29) is 5.97 Å². The average molecular weight is 271 g/mol. The lowest BCUT2D eigenvalue weighted by molar-refractivity contribution is -0.155. The first kappa shape index (κ1) is 10.6. The third-order valence-electron chi connectivity index (χ3n) is 2.49. The van der Waals surface area contributed by atoms with Crippen molar-refractivity contribution in [3.63, 3.8) is 0 Å². The molecule has 1 aliphatic heterocycles. The number of ether oxygens (including phenoxy) is 2. The molecule has 0 unspecified atom stereocenters. The molecule has 1 aromatic rings. The van der Waals surface area contributed by atoms with Gasteiger partial charge >= 0.3 is 5.97 Å². The van der Waals surface area contributed by atoms with Crippen LogP contribution >= 0.6 is 15.9 Å². The molecule has 1 aliphatic rings. The third-order valence-corrected chi connectivity index (χ3v) is 3.23. The van der Waals surface area contributed by atoms with Crippen LogP contribution in [0.25, 0.3) is 0 Å². The highest BCUT2D eigenvalue weighted by Crippen LogP contribution is 2.32. The molecule has 1 aromatic carbocycles. The standard InChI is InChI=1S/C11H11BrO3/c1-14-11(13)10-8-3-2-4-9(12)7(8)5-6-15-10/h2-4,10H,5-6H2,1H3/t10-/m0/s1. The van der Waals surface area contributed by atoms with Crippen LogP contribution in [-0.4, -0.2) is 19.7 Å². The third kappa shape index (κ3) is 1.92. The van der Waals surface area contributed by atoms with Crippen molar-refractivity contribution in [1.29, 1.82) is 0 Å². The Kier molecular flexibility index (Phi) is 3.07. The topological polar surface area (TPSA) is 35.5 Å². The maximum atomic E-state index is 11.5. The van der Waals surface area contributed by atoms with Crippen LogP contribution in [0.2, 0.25) is 0 Å². The monoisotopic (exact) mass is 270 g/mol. The van der Waals surface area contributed by atoms with E-state index >= 15 is 0 Å². The molecule has 0 N–H and O–H groups in total. The van der Waals surface area contributed by atoms with Crippen molar-refractivity contribution in [2.45, 2.75) is 12.5 Å². The van der Waals surface area contributed by atoms with Crippen molar-refractivity contribution in [3.8, 4) is 0 Å². The maximum Gasteiger partial charge on any atom is 0.339 e. The lowest BCUT2D eigenvalue weighted by atomic mass is 9.98. The Balaban J connectivity index is 2.42. The van der Waals surface area contributed by atoms with Crippen molar-refractivity contribution >= 4 is 21.9 Å². The summed E-state index contributed by atoms with van der Waals surface area (Å²) < 4.78 is 11.1. The van der Waals surface area contributed by atoms with Gasteiger partial charge in [0.25, 0.3) is 0 Å². The molecule has 0 fully saturated rings. The van der Waals surface area contributed by atoms with Crippen LogP contribution in [0.5, 0.6) is 0 Å². The van der Waals surface area contributed by atoms with Gasteiger partial charge in [-0.15, -0.1) is 0 Å². The van der Waals surface area contributed by atoms with Crippen molar-refractivity contribution < 1.29 is 14.3 Å². The fourth-order valence-corrected chi connectivity index (χ4v) is 2.34. The summed E-state index contributed by atoms with van der Waals surface area (Å²) in [5.74, 6) is -0.339. The molecule has 3 nitrogen and oxygen atoms in total. The predicted molar refractivity (Wildman–Crippen MR) is 58.6 cm³/mol. The van der Waals surface area contributed by atoms with E-state index in [1.807, 2.05) is 18.2 Å². The molecule has 0 spiro atoms. The van der Waals surface area contributed by atoms with E-state index in [1.54, 1.807) is 0 Å². The zero-order valence-electron chi connectivity index (χ0n) is 8.33. The van der Waals surface area contributed by atoms with Crippen LogP contribution in [-0.2, 0) is 20.7 Å². The molecule has 80 valence electrons. The van der Waals surface area contributed by atoms with Crippen molar-refractivity contribution in [3.05, 3.63) is 33.8 Å². The molecule has 0 aliphatic carbocycles. The van der Waals surface area contributed by atoms with Crippen LogP contribution in [0.3, 0.4) is 0 Å². The Labute approximate surface area is 96.5 Å². The van der Waals surface area contributed by atoms with Crippen LogP contribution < -0.4 is 0 Å². The average Bonchev–Trinajstić information content (AvgIpc) is 2.28. The largest absolute Gasteiger partial charge is 0.467 e. The number of benzene rings is 1. The number of fused-ring (bicyclic) bond motifs is 1. The van der Waals surface area contributed by atoms with Crippen molar-refractivity contribution in [1.82, 2.24) is 0 Å². The molecule has 0 aromatic heterocycles. The van der Waals surface area contributed by atoms with E-state index in [9.17, 15) is 4.79 Å². The zero-order chi connectivity index (χ0) is 10.8. The van der Waals surface area contributed by atoms with E-state index in [2.05, 4.69) is 15.9 Å². The summed E-state index contributed by atoms with van der Waals surface area (Å²) >= 11 is 3.47. The fourth-order valence-electron chi connectivity index (χ4n) is 1.76. The summed E-state index contributed by atoms with van der Waals surface area (Å²) in [6.07, 6.45) is 0.251. The van der Waals surface area contributed by atoms with Gasteiger partial charge in [0.05, 0.1) is 13.7 Å². The SMILES string of the molecule is COC(=O)[C@H]1OCCc2c(Br)cccc21. The second-order valence-corrected chi connectivity index (χ2v) is 4.19. The summed E-state index contributed by atoms with van der Waals surface area (Å²) in [5, 5.41) is 0. The Morgan fingerprint density at radius 3 is 3.13 bits per heavy atom. The van der Waals surface area contributed by atoms with E-state index in [4.69, 9.17) is 9.47 Å². The van der Waals surface area contributed by atoms with Gasteiger partial charge in [0.1, 0.15) is 0 Å². The molecule has 0 bridgehead atoms. The molecule has 0 saturated heterocycles. The van der Waals surface area contributed by atoms with Gasteiger partial charge in [0.15, 0.2) is 6.10 Å². The van der Waals surface area contributed by atoms with E-state index in [0.717, 1.165) is 22.0 Å². The maximum absolute atomic E-state index is 11.5. The van der Waals surface area contributed by atoms with Crippen molar-refractivity contribution in [2.75, 3.05) is 13.7 Å². The van der Waals surface area contributed by atoms with Gasteiger partial charge in [-0.05, 0) is 23.6 Å². The molecule has 1 atom stereocenters. The molecular formula is C11H11BrO3. The first-order chi connectivity index (χ1) is 7.24. The smallest absolute Gasteiger partial charge is 0.339 e. The highest BCUT2D eigenvalue weighted by atomic mass is 79.9. The minimum absolute atomic E-state index is 0.339. The molecule has 4 heteroatoms. The molecule has 2 rings (SSSR count). The summed E-state index contributed by atoms with van der Waals surface area (Å²) in [4.78, 5) is 11.5. The second-order valence-electron chi connectivity index (χ2n) is 3.33. The van der Waals surface area contributed by atoms with Gasteiger partial charge in [0, 0.05) is 4.47 Å².